The molecule has 0 aliphatic carbocycles. The van der Waals surface area contributed by atoms with E-state index < -0.39 is 19.4 Å². The number of aromatic nitrogens is 1. The lowest BCUT2D eigenvalue weighted by Gasteiger charge is -2.09. The summed E-state index contributed by atoms with van der Waals surface area (Å²) in [6, 6.07) is 20.1. The van der Waals surface area contributed by atoms with E-state index in [2.05, 4.69) is 10.9 Å². The lowest BCUT2D eigenvalue weighted by atomic mass is 10.1. The van der Waals surface area contributed by atoms with Crippen LogP contribution in [0.3, 0.4) is 0 Å². The molecule has 0 amide bonds. The number of nitrogens with zero attached hydrogens (tertiary/aromatic N) is 1. The van der Waals surface area contributed by atoms with Crippen molar-refractivity contribution >= 4 is 58.9 Å². The molecule has 0 fully saturated rings. The van der Waals surface area contributed by atoms with Crippen LogP contribution in [0.1, 0.15) is 13.3 Å². The Morgan fingerprint density at radius 1 is 0.968 bits per heavy atom. The Balaban J connectivity index is 1.93. The Morgan fingerprint density at radius 3 is 2.32 bits per heavy atom. The third kappa shape index (κ3) is 4.28. The summed E-state index contributed by atoms with van der Waals surface area (Å²) in [5, 5.41) is 3.09. The third-order valence-corrected chi connectivity index (χ3v) is 10.9. The van der Waals surface area contributed by atoms with E-state index >= 15 is 0 Å². The molecule has 4 rings (SSSR count). The Morgan fingerprint density at radius 2 is 1.65 bits per heavy atom. The molecule has 160 valence electrons. The number of rotatable bonds is 6. The zero-order chi connectivity index (χ0) is 22.2. The van der Waals surface area contributed by atoms with Crippen molar-refractivity contribution in [2.45, 2.75) is 27.5 Å². The Labute approximate surface area is 191 Å². The van der Waals surface area contributed by atoms with Gasteiger partial charge in [-0.2, -0.15) is 0 Å². The van der Waals surface area contributed by atoms with Crippen molar-refractivity contribution in [3.05, 3.63) is 71.8 Å². The maximum atomic E-state index is 13.8. The predicted octanol–water partition coefficient (Wildman–Crippen LogP) is 5.93. The van der Waals surface area contributed by atoms with Gasteiger partial charge in [0.2, 0.25) is 0 Å². The summed E-state index contributed by atoms with van der Waals surface area (Å²) in [6.45, 7) is 1.79. The van der Waals surface area contributed by atoms with E-state index in [4.69, 9.17) is 11.6 Å². The Bertz CT molecular complexity index is 1470. The van der Waals surface area contributed by atoms with E-state index in [0.717, 1.165) is 27.7 Å². The van der Waals surface area contributed by atoms with Crippen molar-refractivity contribution in [1.29, 1.82) is 0 Å². The number of hydrogen-bond donors (Lipinski definition) is 0. The summed E-state index contributed by atoms with van der Waals surface area (Å²) in [4.78, 5) is 4.96. The first-order valence-corrected chi connectivity index (χ1v) is 14.2. The van der Waals surface area contributed by atoms with Crippen LogP contribution in [0.15, 0.2) is 80.9 Å². The van der Waals surface area contributed by atoms with Crippen LogP contribution in [0.4, 0.5) is 0 Å². The van der Waals surface area contributed by atoms with E-state index in [1.807, 2.05) is 42.5 Å². The molecular formula is C23H20ClNO3S3. The number of fused-ring (bicyclic) bond motifs is 1. The van der Waals surface area contributed by atoms with Crippen molar-refractivity contribution in [3.63, 3.8) is 0 Å². The van der Waals surface area contributed by atoms with Gasteiger partial charge in [-0.1, -0.05) is 54.9 Å². The lowest BCUT2D eigenvalue weighted by molar-refractivity contribution is 0.593. The second kappa shape index (κ2) is 8.39. The molecular weight excluding hydrogens is 470 g/mol. The van der Waals surface area contributed by atoms with E-state index in [9.17, 15) is 12.6 Å². The molecule has 0 bridgehead atoms. The van der Waals surface area contributed by atoms with Gasteiger partial charge in [-0.3, -0.25) is 4.21 Å². The molecule has 1 atom stereocenters. The standard InChI is InChI=1S/C23H20ClNO3S3/c1-3-14-31(27,28)23-22(30(2,26)20-12-10-19(24)11-13-20)25-21(29-23)18-9-8-16-6-4-5-7-17(16)15-18/h4-13,15H,2-3,14H2,1H3. The van der Waals surface area contributed by atoms with Gasteiger partial charge in [0.25, 0.3) is 0 Å². The number of halogens is 1. The molecule has 0 saturated heterocycles. The van der Waals surface area contributed by atoms with Crippen LogP contribution in [0.2, 0.25) is 5.02 Å². The third-order valence-electron chi connectivity index (χ3n) is 4.83. The van der Waals surface area contributed by atoms with E-state index in [0.29, 0.717) is 21.3 Å². The van der Waals surface area contributed by atoms with Gasteiger partial charge in [0.15, 0.2) is 19.1 Å². The number of sulfone groups is 1. The molecule has 0 N–H and O–H groups in total. The van der Waals surface area contributed by atoms with E-state index in [1.54, 1.807) is 31.2 Å². The summed E-state index contributed by atoms with van der Waals surface area (Å²) in [7, 11) is -6.82. The van der Waals surface area contributed by atoms with Crippen molar-refractivity contribution in [3.8, 4) is 10.6 Å². The monoisotopic (exact) mass is 489 g/mol. The molecule has 4 nitrogen and oxygen atoms in total. The van der Waals surface area contributed by atoms with Gasteiger partial charge in [0, 0.05) is 25.0 Å². The summed E-state index contributed by atoms with van der Waals surface area (Å²) in [6.07, 6.45) is 0.449. The summed E-state index contributed by atoms with van der Waals surface area (Å²) in [5.74, 6) is 3.85. The molecule has 0 radical (unpaired) electrons. The van der Waals surface area contributed by atoms with Gasteiger partial charge in [0.1, 0.15) is 5.01 Å². The second-order valence-corrected chi connectivity index (χ2v) is 13.1. The fraction of sp³-hybridized carbons (Fsp3) is 0.130. The molecule has 3 aromatic carbocycles. The van der Waals surface area contributed by atoms with Crippen LogP contribution < -0.4 is 0 Å². The first-order valence-electron chi connectivity index (χ1n) is 9.58. The largest absolute Gasteiger partial charge is 0.257 e. The van der Waals surface area contributed by atoms with Crippen LogP contribution in [-0.4, -0.2) is 29.2 Å². The normalized spacial score (nSPS) is 13.9. The van der Waals surface area contributed by atoms with Crippen LogP contribution in [0, 0.1) is 0 Å². The minimum Gasteiger partial charge on any atom is -0.257 e. The van der Waals surface area contributed by atoms with Gasteiger partial charge in [0.05, 0.1) is 5.75 Å². The zero-order valence-corrected chi connectivity index (χ0v) is 20.0. The SMILES string of the molecule is C=S(=O)(c1ccc(Cl)cc1)c1nc(-c2ccc3ccccc3c2)sc1S(=O)(=O)CCC. The highest BCUT2D eigenvalue weighted by atomic mass is 35.5. The van der Waals surface area contributed by atoms with Gasteiger partial charge in [-0.05, 0) is 53.4 Å². The van der Waals surface area contributed by atoms with Crippen molar-refractivity contribution in [2.24, 2.45) is 0 Å². The van der Waals surface area contributed by atoms with Gasteiger partial charge >= 0.3 is 0 Å². The number of thiazole rings is 1. The topological polar surface area (TPSA) is 64.1 Å². The predicted molar refractivity (Wildman–Crippen MR) is 131 cm³/mol. The fourth-order valence-corrected chi connectivity index (χ4v) is 8.79. The Kier molecular flexibility index (Phi) is 5.96. The minimum atomic E-state index is -3.66. The molecule has 4 aromatic rings. The molecule has 0 aliphatic rings. The lowest BCUT2D eigenvalue weighted by Crippen LogP contribution is -2.11. The van der Waals surface area contributed by atoms with Crippen molar-refractivity contribution in [2.75, 3.05) is 5.75 Å². The van der Waals surface area contributed by atoms with Gasteiger partial charge < -0.3 is 0 Å². The van der Waals surface area contributed by atoms with Gasteiger partial charge in [-0.25, -0.2) is 13.4 Å². The summed E-state index contributed by atoms with van der Waals surface area (Å²) in [5.41, 5.74) is 0.772. The highest BCUT2D eigenvalue weighted by molar-refractivity contribution is 8.01. The maximum absolute atomic E-state index is 13.8. The average Bonchev–Trinajstić information content (AvgIpc) is 3.21. The minimum absolute atomic E-state index is 0.0106. The molecule has 31 heavy (non-hydrogen) atoms. The van der Waals surface area contributed by atoms with Gasteiger partial charge in [-0.15, -0.1) is 11.3 Å². The van der Waals surface area contributed by atoms with E-state index in [1.165, 1.54) is 0 Å². The number of hydrogen-bond acceptors (Lipinski definition) is 5. The fourth-order valence-electron chi connectivity index (χ4n) is 3.27. The highest BCUT2D eigenvalue weighted by Crippen LogP contribution is 2.38. The molecule has 0 aliphatic heterocycles. The smallest absolute Gasteiger partial charge is 0.190 e. The van der Waals surface area contributed by atoms with Crippen molar-refractivity contribution < 1.29 is 12.6 Å². The highest BCUT2D eigenvalue weighted by Gasteiger charge is 2.29. The van der Waals surface area contributed by atoms with Crippen LogP contribution in [-0.2, 0) is 19.4 Å². The molecule has 0 spiro atoms. The van der Waals surface area contributed by atoms with Crippen LogP contribution >= 0.6 is 22.9 Å². The first-order chi connectivity index (χ1) is 14.7. The summed E-state index contributed by atoms with van der Waals surface area (Å²) < 4.78 is 39.9. The maximum Gasteiger partial charge on any atom is 0.190 e. The molecule has 1 unspecified atom stereocenters. The van der Waals surface area contributed by atoms with Crippen molar-refractivity contribution in [1.82, 2.24) is 4.98 Å². The quantitative estimate of drug-likeness (QED) is 0.314. The average molecular weight is 490 g/mol. The molecule has 1 aromatic heterocycles. The first kappa shape index (κ1) is 22.0. The number of benzene rings is 3. The Hall–Kier alpha value is -2.19. The molecule has 0 saturated carbocycles. The zero-order valence-electron chi connectivity index (χ0n) is 16.7. The van der Waals surface area contributed by atoms with Crippen LogP contribution in [0.5, 0.6) is 0 Å². The molecule has 1 heterocycles. The molecule has 8 heteroatoms. The second-order valence-electron chi connectivity index (χ2n) is 7.12. The summed E-state index contributed by atoms with van der Waals surface area (Å²) >= 11 is 7.01. The van der Waals surface area contributed by atoms with E-state index in [-0.39, 0.29) is 15.0 Å². The van der Waals surface area contributed by atoms with Crippen LogP contribution in [0.25, 0.3) is 21.3 Å².